The molecular formula is C22H16F2N2OS. The van der Waals surface area contributed by atoms with Crippen LogP contribution in [0.25, 0.3) is 0 Å². The first-order valence-corrected chi connectivity index (χ1v) is 9.33. The molecule has 0 radical (unpaired) electrons. The molecule has 1 atom stereocenters. The maximum Gasteiger partial charge on any atom is 0.252 e. The summed E-state index contributed by atoms with van der Waals surface area (Å²) in [7, 11) is 0. The van der Waals surface area contributed by atoms with Crippen molar-refractivity contribution in [2.24, 2.45) is 0 Å². The molecule has 3 aromatic rings. The number of nitriles is 1. The van der Waals surface area contributed by atoms with Crippen molar-refractivity contribution in [3.63, 3.8) is 0 Å². The van der Waals surface area contributed by atoms with Crippen LogP contribution in [0.5, 0.6) is 0 Å². The first-order valence-electron chi connectivity index (χ1n) is 8.51. The molecule has 0 aliphatic rings. The van der Waals surface area contributed by atoms with Gasteiger partial charge in [-0.1, -0.05) is 42.1 Å². The number of nitrogens with one attached hydrogen (secondary N) is 1. The van der Waals surface area contributed by atoms with Gasteiger partial charge in [-0.15, -0.1) is 0 Å². The molecule has 3 nitrogen and oxygen atoms in total. The van der Waals surface area contributed by atoms with Gasteiger partial charge in [-0.05, 0) is 48.9 Å². The van der Waals surface area contributed by atoms with Gasteiger partial charge in [-0.25, -0.2) is 8.78 Å². The van der Waals surface area contributed by atoms with Crippen LogP contribution in [0.1, 0.15) is 34.5 Å². The molecule has 1 amide bonds. The minimum Gasteiger partial charge on any atom is -0.345 e. The second-order valence-corrected chi connectivity index (χ2v) is 7.16. The average molecular weight is 394 g/mol. The van der Waals surface area contributed by atoms with Crippen molar-refractivity contribution in [2.45, 2.75) is 22.8 Å². The van der Waals surface area contributed by atoms with Crippen molar-refractivity contribution in [1.82, 2.24) is 5.32 Å². The second-order valence-electron chi connectivity index (χ2n) is 6.07. The number of carbonyl (C=O) groups is 1. The van der Waals surface area contributed by atoms with Crippen LogP contribution in [0.4, 0.5) is 8.78 Å². The highest BCUT2D eigenvalue weighted by Crippen LogP contribution is 2.32. The van der Waals surface area contributed by atoms with Crippen molar-refractivity contribution in [2.75, 3.05) is 0 Å². The molecule has 0 aliphatic heterocycles. The molecule has 3 rings (SSSR count). The van der Waals surface area contributed by atoms with Gasteiger partial charge in [0.05, 0.1) is 17.2 Å². The van der Waals surface area contributed by atoms with Crippen LogP contribution in [0.15, 0.2) is 76.5 Å². The predicted octanol–water partition coefficient (Wildman–Crippen LogP) is 5.48. The lowest BCUT2D eigenvalue weighted by atomic mass is 10.1. The van der Waals surface area contributed by atoms with E-state index in [9.17, 15) is 18.8 Å². The van der Waals surface area contributed by atoms with E-state index < -0.39 is 17.7 Å². The first kappa shape index (κ1) is 19.6. The van der Waals surface area contributed by atoms with Gasteiger partial charge in [-0.3, -0.25) is 4.79 Å². The second kappa shape index (κ2) is 8.68. The summed E-state index contributed by atoms with van der Waals surface area (Å²) < 4.78 is 26.6. The Morgan fingerprint density at radius 3 is 2.39 bits per heavy atom. The van der Waals surface area contributed by atoms with Crippen LogP contribution >= 0.6 is 11.8 Å². The van der Waals surface area contributed by atoms with Crippen LogP contribution in [0.2, 0.25) is 0 Å². The zero-order valence-corrected chi connectivity index (χ0v) is 15.8. The third kappa shape index (κ3) is 4.38. The lowest BCUT2D eigenvalue weighted by molar-refractivity contribution is 0.0937. The Balaban J connectivity index is 1.82. The van der Waals surface area contributed by atoms with E-state index in [2.05, 4.69) is 11.4 Å². The van der Waals surface area contributed by atoms with Gasteiger partial charge in [0.25, 0.3) is 5.91 Å². The monoisotopic (exact) mass is 394 g/mol. The maximum atomic E-state index is 13.5. The number of hydrogen-bond donors (Lipinski definition) is 1. The zero-order valence-electron chi connectivity index (χ0n) is 14.9. The minimum atomic E-state index is -0.956. The molecule has 0 saturated heterocycles. The van der Waals surface area contributed by atoms with E-state index >= 15 is 0 Å². The number of carbonyl (C=O) groups excluding carboxylic acids is 1. The lowest BCUT2D eigenvalue weighted by Gasteiger charge is -2.16. The van der Waals surface area contributed by atoms with Crippen LogP contribution in [-0.2, 0) is 0 Å². The third-order valence-electron chi connectivity index (χ3n) is 4.15. The molecule has 0 aliphatic carbocycles. The number of hydrogen-bond acceptors (Lipinski definition) is 3. The highest BCUT2D eigenvalue weighted by molar-refractivity contribution is 7.99. The summed E-state index contributed by atoms with van der Waals surface area (Å²) in [5.74, 6) is -2.22. The Morgan fingerprint density at radius 2 is 1.68 bits per heavy atom. The van der Waals surface area contributed by atoms with Gasteiger partial charge in [0.15, 0.2) is 11.6 Å². The van der Waals surface area contributed by atoms with Gasteiger partial charge < -0.3 is 5.32 Å². The van der Waals surface area contributed by atoms with E-state index in [4.69, 9.17) is 0 Å². The largest absolute Gasteiger partial charge is 0.345 e. The quantitative estimate of drug-likeness (QED) is 0.624. The van der Waals surface area contributed by atoms with Crippen LogP contribution < -0.4 is 5.32 Å². The summed E-state index contributed by atoms with van der Waals surface area (Å²) in [5.41, 5.74) is 1.43. The molecule has 0 spiro atoms. The minimum absolute atomic E-state index is 0.338. The summed E-state index contributed by atoms with van der Waals surface area (Å²) in [5, 5.41) is 12.1. The van der Waals surface area contributed by atoms with E-state index in [0.29, 0.717) is 21.6 Å². The molecule has 1 N–H and O–H groups in total. The summed E-state index contributed by atoms with van der Waals surface area (Å²) in [6.07, 6.45) is 0. The van der Waals surface area contributed by atoms with Crippen LogP contribution in [-0.4, -0.2) is 5.91 Å². The molecule has 0 unspecified atom stereocenters. The standard InChI is InChI=1S/C22H16F2N2OS/c1-14(15-10-11-18(23)19(24)12-15)26-22(27)17-7-3-5-9-21(17)28-20-8-4-2-6-16(20)13-25/h2-12,14H,1H3,(H,26,27)/t14-/m1/s1. The fourth-order valence-corrected chi connectivity index (χ4v) is 3.67. The topological polar surface area (TPSA) is 52.9 Å². The summed E-state index contributed by atoms with van der Waals surface area (Å²) in [6.45, 7) is 1.70. The Labute approximate surface area is 166 Å². The van der Waals surface area contributed by atoms with Gasteiger partial charge in [0, 0.05) is 9.79 Å². The third-order valence-corrected chi connectivity index (χ3v) is 5.30. The highest BCUT2D eigenvalue weighted by atomic mass is 32.2. The maximum absolute atomic E-state index is 13.5. The molecular weight excluding hydrogens is 378 g/mol. The highest BCUT2D eigenvalue weighted by Gasteiger charge is 2.17. The van der Waals surface area contributed by atoms with E-state index in [0.717, 1.165) is 17.0 Å². The molecule has 0 fully saturated rings. The predicted molar refractivity (Wildman–Crippen MR) is 104 cm³/mol. The molecule has 0 bridgehead atoms. The number of benzene rings is 3. The molecule has 0 saturated carbocycles. The summed E-state index contributed by atoms with van der Waals surface area (Å²) in [6, 6.07) is 19.4. The molecule has 0 heterocycles. The van der Waals surface area contributed by atoms with Crippen LogP contribution in [0.3, 0.4) is 0 Å². The SMILES string of the molecule is C[C@@H](NC(=O)c1ccccc1Sc1ccccc1C#N)c1ccc(F)c(F)c1. The molecule has 140 valence electrons. The van der Waals surface area contributed by atoms with Crippen molar-refractivity contribution in [3.05, 3.63) is 95.1 Å². The first-order chi connectivity index (χ1) is 13.5. The fourth-order valence-electron chi connectivity index (χ4n) is 2.65. The molecule has 28 heavy (non-hydrogen) atoms. The Bertz CT molecular complexity index is 1060. The van der Waals surface area contributed by atoms with E-state index in [1.807, 2.05) is 18.2 Å². The fraction of sp³-hybridized carbons (Fsp3) is 0.0909. The van der Waals surface area contributed by atoms with Crippen molar-refractivity contribution >= 4 is 17.7 Å². The molecule has 0 aromatic heterocycles. The van der Waals surface area contributed by atoms with Gasteiger partial charge in [0.1, 0.15) is 6.07 Å². The number of halogens is 2. The number of nitrogens with zero attached hydrogens (tertiary/aromatic N) is 1. The summed E-state index contributed by atoms with van der Waals surface area (Å²) >= 11 is 1.33. The van der Waals surface area contributed by atoms with E-state index in [1.165, 1.54) is 17.8 Å². The van der Waals surface area contributed by atoms with Gasteiger partial charge in [-0.2, -0.15) is 5.26 Å². The smallest absolute Gasteiger partial charge is 0.252 e. The molecule has 3 aromatic carbocycles. The zero-order chi connectivity index (χ0) is 20.1. The van der Waals surface area contributed by atoms with Crippen molar-refractivity contribution in [3.8, 4) is 6.07 Å². The number of amides is 1. The van der Waals surface area contributed by atoms with E-state index in [-0.39, 0.29) is 5.91 Å². The lowest BCUT2D eigenvalue weighted by Crippen LogP contribution is -2.27. The normalized spacial score (nSPS) is 11.5. The summed E-state index contributed by atoms with van der Waals surface area (Å²) in [4.78, 5) is 14.2. The van der Waals surface area contributed by atoms with Crippen molar-refractivity contribution in [1.29, 1.82) is 5.26 Å². The van der Waals surface area contributed by atoms with E-state index in [1.54, 1.807) is 37.3 Å². The molecule has 6 heteroatoms. The van der Waals surface area contributed by atoms with Gasteiger partial charge >= 0.3 is 0 Å². The Hall–Kier alpha value is -3.17. The van der Waals surface area contributed by atoms with Gasteiger partial charge in [0.2, 0.25) is 0 Å². The Morgan fingerprint density at radius 1 is 1.00 bits per heavy atom. The average Bonchev–Trinajstić information content (AvgIpc) is 2.70. The number of rotatable bonds is 5. The van der Waals surface area contributed by atoms with Crippen molar-refractivity contribution < 1.29 is 13.6 Å². The Kier molecular flexibility index (Phi) is 6.07. The van der Waals surface area contributed by atoms with Crippen LogP contribution in [0, 0.1) is 23.0 Å².